The van der Waals surface area contributed by atoms with Crippen LogP contribution in [0.15, 0.2) is 72.8 Å². The maximum Gasteiger partial charge on any atom is 0.261 e. The van der Waals surface area contributed by atoms with Crippen molar-refractivity contribution in [3.05, 3.63) is 99.0 Å². The number of hydrogen-bond acceptors (Lipinski definition) is 3. The number of nitrogens with one attached hydrogen (secondary N) is 1. The number of halogens is 3. The van der Waals surface area contributed by atoms with Gasteiger partial charge in [-0.3, -0.25) is 9.59 Å². The molecule has 3 aromatic rings. The van der Waals surface area contributed by atoms with Crippen LogP contribution in [0.3, 0.4) is 0 Å². The molecule has 5 nitrogen and oxygen atoms in total. The molecular formula is C25H23Cl3N2O3. The third kappa shape index (κ3) is 7.13. The van der Waals surface area contributed by atoms with E-state index in [0.717, 1.165) is 11.1 Å². The Morgan fingerprint density at radius 2 is 1.58 bits per heavy atom. The topological polar surface area (TPSA) is 58.6 Å². The van der Waals surface area contributed by atoms with Crippen LogP contribution < -0.4 is 10.1 Å². The van der Waals surface area contributed by atoms with E-state index in [0.29, 0.717) is 27.2 Å². The predicted molar refractivity (Wildman–Crippen MR) is 132 cm³/mol. The lowest BCUT2D eigenvalue weighted by molar-refractivity contribution is -0.142. The zero-order valence-corrected chi connectivity index (χ0v) is 20.2. The van der Waals surface area contributed by atoms with E-state index in [1.807, 2.05) is 42.5 Å². The van der Waals surface area contributed by atoms with Crippen LogP contribution in [-0.2, 0) is 22.6 Å². The van der Waals surface area contributed by atoms with Gasteiger partial charge in [0.2, 0.25) is 5.91 Å². The molecule has 3 rings (SSSR count). The normalized spacial score (nSPS) is 11.5. The standard InChI is InChI=1S/C25H23Cl3N2O3/c1-29-25(32)22(13-17-5-3-2-4-6-17)30(15-18-7-9-19(26)10-8-18)24(31)16-33-23-12-11-20(27)14-21(23)28/h2-12,14,22H,13,15-16H2,1H3,(H,29,32). The molecule has 0 fully saturated rings. The molecule has 0 spiro atoms. The third-order valence-corrected chi connectivity index (χ3v) is 5.81. The molecule has 0 saturated heterocycles. The summed E-state index contributed by atoms with van der Waals surface area (Å²) in [6.07, 6.45) is 0.349. The number of amides is 2. The summed E-state index contributed by atoms with van der Waals surface area (Å²) in [7, 11) is 1.55. The number of ether oxygens (including phenoxy) is 1. The van der Waals surface area contributed by atoms with Crippen LogP contribution in [0, 0.1) is 0 Å². The molecule has 172 valence electrons. The predicted octanol–water partition coefficient (Wildman–Crippen LogP) is 5.41. The van der Waals surface area contributed by atoms with E-state index in [4.69, 9.17) is 39.5 Å². The van der Waals surface area contributed by atoms with Crippen LogP contribution in [0.1, 0.15) is 11.1 Å². The molecule has 0 bridgehead atoms. The first-order chi connectivity index (χ1) is 15.9. The largest absolute Gasteiger partial charge is 0.482 e. The SMILES string of the molecule is CNC(=O)C(Cc1ccccc1)N(Cc1ccc(Cl)cc1)C(=O)COc1ccc(Cl)cc1Cl. The summed E-state index contributed by atoms with van der Waals surface area (Å²) < 4.78 is 5.67. The molecule has 0 aliphatic carbocycles. The van der Waals surface area contributed by atoms with Gasteiger partial charge in [0.15, 0.2) is 6.61 Å². The lowest BCUT2D eigenvalue weighted by atomic mass is 10.0. The number of rotatable bonds is 9. The van der Waals surface area contributed by atoms with Crippen molar-refractivity contribution in [3.63, 3.8) is 0 Å². The van der Waals surface area contributed by atoms with E-state index in [9.17, 15) is 9.59 Å². The summed E-state index contributed by atoms with van der Waals surface area (Å²) in [5.74, 6) is -0.299. The molecule has 2 amide bonds. The Bertz CT molecular complexity index is 1090. The molecule has 1 N–H and O–H groups in total. The van der Waals surface area contributed by atoms with Gasteiger partial charge in [-0.15, -0.1) is 0 Å². The van der Waals surface area contributed by atoms with Crippen LogP contribution in [-0.4, -0.2) is 36.4 Å². The number of nitrogens with zero attached hydrogens (tertiary/aromatic N) is 1. The second-order valence-corrected chi connectivity index (χ2v) is 8.61. The molecular weight excluding hydrogens is 483 g/mol. The molecule has 0 aliphatic heterocycles. The van der Waals surface area contributed by atoms with E-state index in [2.05, 4.69) is 5.32 Å². The highest BCUT2D eigenvalue weighted by atomic mass is 35.5. The summed E-state index contributed by atoms with van der Waals surface area (Å²) in [6.45, 7) is -0.0874. The number of hydrogen-bond donors (Lipinski definition) is 1. The summed E-state index contributed by atoms with van der Waals surface area (Å²) in [5, 5.41) is 4.02. The summed E-state index contributed by atoms with van der Waals surface area (Å²) in [6, 6.07) is 20.7. The van der Waals surface area contributed by atoms with Crippen molar-refractivity contribution in [2.45, 2.75) is 19.0 Å². The maximum absolute atomic E-state index is 13.3. The summed E-state index contributed by atoms with van der Waals surface area (Å²) in [5.41, 5.74) is 1.76. The quantitative estimate of drug-likeness (QED) is 0.423. The summed E-state index contributed by atoms with van der Waals surface area (Å²) >= 11 is 18.1. The molecule has 0 aromatic heterocycles. The van der Waals surface area contributed by atoms with Crippen LogP contribution in [0.5, 0.6) is 5.75 Å². The van der Waals surface area contributed by atoms with Gasteiger partial charge in [0.05, 0.1) is 5.02 Å². The Hall–Kier alpha value is -2.73. The molecule has 8 heteroatoms. The maximum atomic E-state index is 13.3. The van der Waals surface area contributed by atoms with Crippen molar-refractivity contribution in [1.82, 2.24) is 10.2 Å². The van der Waals surface area contributed by atoms with E-state index in [1.54, 1.807) is 31.3 Å². The van der Waals surface area contributed by atoms with Crippen molar-refractivity contribution < 1.29 is 14.3 Å². The van der Waals surface area contributed by atoms with Gasteiger partial charge in [-0.1, -0.05) is 77.3 Å². The molecule has 1 unspecified atom stereocenters. The fourth-order valence-corrected chi connectivity index (χ4v) is 3.91. The van der Waals surface area contributed by atoms with E-state index < -0.39 is 6.04 Å². The molecule has 33 heavy (non-hydrogen) atoms. The average Bonchev–Trinajstić information content (AvgIpc) is 2.82. The van der Waals surface area contributed by atoms with Crippen LogP contribution >= 0.6 is 34.8 Å². The zero-order chi connectivity index (χ0) is 23.8. The Kier molecular flexibility index (Phi) is 9.01. The second kappa shape index (κ2) is 11.9. The van der Waals surface area contributed by atoms with E-state index in [-0.39, 0.29) is 25.0 Å². The highest BCUT2D eigenvalue weighted by Gasteiger charge is 2.30. The highest BCUT2D eigenvalue weighted by Crippen LogP contribution is 2.27. The number of carbonyl (C=O) groups excluding carboxylic acids is 2. The molecule has 0 heterocycles. The van der Waals surface area contributed by atoms with Crippen molar-refractivity contribution in [1.29, 1.82) is 0 Å². The Balaban J connectivity index is 1.87. The van der Waals surface area contributed by atoms with Crippen molar-refractivity contribution in [2.75, 3.05) is 13.7 Å². The van der Waals surface area contributed by atoms with E-state index >= 15 is 0 Å². The molecule has 0 saturated carbocycles. The van der Waals surface area contributed by atoms with Crippen molar-refractivity contribution in [3.8, 4) is 5.75 Å². The fourth-order valence-electron chi connectivity index (χ4n) is 3.32. The first-order valence-corrected chi connectivity index (χ1v) is 11.4. The smallest absolute Gasteiger partial charge is 0.261 e. The molecule has 1 atom stereocenters. The van der Waals surface area contributed by atoms with Crippen molar-refractivity contribution in [2.24, 2.45) is 0 Å². The number of likely N-dealkylation sites (N-methyl/N-ethyl adjacent to an activating group) is 1. The second-order valence-electron chi connectivity index (χ2n) is 7.33. The first-order valence-electron chi connectivity index (χ1n) is 10.2. The minimum Gasteiger partial charge on any atom is -0.482 e. The van der Waals surface area contributed by atoms with Crippen molar-refractivity contribution >= 4 is 46.6 Å². The fraction of sp³-hybridized carbons (Fsp3) is 0.200. The number of benzene rings is 3. The Morgan fingerprint density at radius 3 is 2.21 bits per heavy atom. The van der Waals surface area contributed by atoms with Gasteiger partial charge >= 0.3 is 0 Å². The monoisotopic (exact) mass is 504 g/mol. The third-order valence-electron chi connectivity index (χ3n) is 5.03. The van der Waals surface area contributed by atoms with Gasteiger partial charge in [-0.2, -0.15) is 0 Å². The zero-order valence-electron chi connectivity index (χ0n) is 17.9. The van der Waals surface area contributed by atoms with E-state index in [1.165, 1.54) is 11.0 Å². The minimum atomic E-state index is -0.745. The van der Waals surface area contributed by atoms with Crippen LogP contribution in [0.4, 0.5) is 0 Å². The van der Waals surface area contributed by atoms with Gasteiger partial charge in [0.25, 0.3) is 5.91 Å². The molecule has 0 aliphatic rings. The lowest BCUT2D eigenvalue weighted by Gasteiger charge is -2.31. The summed E-state index contributed by atoms with van der Waals surface area (Å²) in [4.78, 5) is 27.7. The molecule has 3 aromatic carbocycles. The van der Waals surface area contributed by atoms with Crippen LogP contribution in [0.2, 0.25) is 15.1 Å². The Labute approximate surface area is 208 Å². The van der Waals surface area contributed by atoms with Gasteiger partial charge < -0.3 is 15.0 Å². The molecule has 0 radical (unpaired) electrons. The Morgan fingerprint density at radius 1 is 0.909 bits per heavy atom. The van der Waals surface area contributed by atoms with Gasteiger partial charge in [-0.05, 0) is 41.5 Å². The highest BCUT2D eigenvalue weighted by molar-refractivity contribution is 6.35. The first kappa shape index (κ1) is 24.9. The number of carbonyl (C=O) groups is 2. The average molecular weight is 506 g/mol. The lowest BCUT2D eigenvalue weighted by Crippen LogP contribution is -2.51. The van der Waals surface area contributed by atoms with Gasteiger partial charge in [0, 0.05) is 30.1 Å². The van der Waals surface area contributed by atoms with Gasteiger partial charge in [-0.25, -0.2) is 0 Å². The minimum absolute atomic E-state index is 0.207. The van der Waals surface area contributed by atoms with Gasteiger partial charge in [0.1, 0.15) is 11.8 Å². The van der Waals surface area contributed by atoms with Crippen LogP contribution in [0.25, 0.3) is 0 Å².